The van der Waals surface area contributed by atoms with E-state index in [1.807, 2.05) is 11.6 Å². The van der Waals surface area contributed by atoms with Crippen molar-refractivity contribution in [2.75, 3.05) is 12.8 Å². The summed E-state index contributed by atoms with van der Waals surface area (Å²) in [4.78, 5) is 0. The molecule has 2 rings (SSSR count). The van der Waals surface area contributed by atoms with E-state index in [0.717, 1.165) is 16.8 Å². The van der Waals surface area contributed by atoms with Gasteiger partial charge in [-0.15, -0.1) is 10.2 Å². The maximum Gasteiger partial charge on any atom is 0.190 e. The van der Waals surface area contributed by atoms with E-state index in [1.165, 1.54) is 25.7 Å². The molecule has 4 nitrogen and oxygen atoms in total. The molecular formula is C11H20N4S. The highest BCUT2D eigenvalue weighted by molar-refractivity contribution is 7.99. The minimum Gasteiger partial charge on any atom is -0.316 e. The molecule has 1 fully saturated rings. The number of aryl methyl sites for hydroxylation is 1. The third-order valence-electron chi connectivity index (χ3n) is 3.40. The molecular weight excluding hydrogens is 220 g/mol. The topological polar surface area (TPSA) is 42.7 Å². The van der Waals surface area contributed by atoms with Gasteiger partial charge >= 0.3 is 0 Å². The first kappa shape index (κ1) is 11.9. The van der Waals surface area contributed by atoms with Crippen molar-refractivity contribution >= 4 is 11.8 Å². The number of thioether (sulfide) groups is 1. The number of nitrogens with one attached hydrogen (secondary N) is 1. The minimum atomic E-state index is 0.615. The maximum atomic E-state index is 4.10. The molecule has 1 N–H and O–H groups in total. The van der Waals surface area contributed by atoms with Gasteiger partial charge in [-0.3, -0.25) is 0 Å². The molecule has 1 unspecified atom stereocenters. The van der Waals surface area contributed by atoms with Crippen LogP contribution in [0, 0.1) is 5.92 Å². The first-order valence-corrected chi connectivity index (χ1v) is 6.94. The molecule has 1 aromatic heterocycles. The number of aromatic nitrogens is 3. The lowest BCUT2D eigenvalue weighted by Crippen LogP contribution is -2.34. The summed E-state index contributed by atoms with van der Waals surface area (Å²) in [6.45, 7) is 0. The number of nitrogens with zero attached hydrogens (tertiary/aromatic N) is 3. The molecule has 0 radical (unpaired) electrons. The summed E-state index contributed by atoms with van der Waals surface area (Å²) in [6, 6.07) is 0.615. The van der Waals surface area contributed by atoms with Crippen molar-refractivity contribution in [3.63, 3.8) is 0 Å². The lowest BCUT2D eigenvalue weighted by molar-refractivity contribution is 0.410. The Morgan fingerprint density at radius 2 is 2.31 bits per heavy atom. The van der Waals surface area contributed by atoms with Crippen LogP contribution in [0.3, 0.4) is 0 Å². The Balaban J connectivity index is 1.85. The van der Waals surface area contributed by atoms with E-state index in [2.05, 4.69) is 22.6 Å². The largest absolute Gasteiger partial charge is 0.316 e. The zero-order valence-corrected chi connectivity index (χ0v) is 10.8. The number of hydrogen-bond acceptors (Lipinski definition) is 4. The van der Waals surface area contributed by atoms with Gasteiger partial charge in [0.2, 0.25) is 0 Å². The summed E-state index contributed by atoms with van der Waals surface area (Å²) in [5, 5.41) is 12.5. The molecule has 1 heterocycles. The van der Waals surface area contributed by atoms with Crippen LogP contribution in [0.1, 0.15) is 25.7 Å². The van der Waals surface area contributed by atoms with E-state index in [9.17, 15) is 0 Å². The lowest BCUT2D eigenvalue weighted by Gasteiger charge is -2.22. The summed E-state index contributed by atoms with van der Waals surface area (Å²) in [5.41, 5.74) is 0. The van der Waals surface area contributed by atoms with Gasteiger partial charge in [-0.2, -0.15) is 0 Å². The Morgan fingerprint density at radius 1 is 1.56 bits per heavy atom. The molecule has 0 aliphatic heterocycles. The highest BCUT2D eigenvalue weighted by Gasteiger charge is 2.24. The predicted octanol–water partition coefficient (Wildman–Crippen LogP) is 1.69. The average molecular weight is 240 g/mol. The summed E-state index contributed by atoms with van der Waals surface area (Å²) >= 11 is 1.80. The summed E-state index contributed by atoms with van der Waals surface area (Å²) in [6.07, 6.45) is 7.32. The molecule has 0 spiro atoms. The molecule has 16 heavy (non-hydrogen) atoms. The van der Waals surface area contributed by atoms with E-state index >= 15 is 0 Å². The molecule has 1 atom stereocenters. The summed E-state index contributed by atoms with van der Waals surface area (Å²) in [5.74, 6) is 1.94. The van der Waals surface area contributed by atoms with Gasteiger partial charge in [0.05, 0.1) is 0 Å². The van der Waals surface area contributed by atoms with Crippen molar-refractivity contribution in [1.82, 2.24) is 20.1 Å². The van der Waals surface area contributed by atoms with Crippen LogP contribution in [0.5, 0.6) is 0 Å². The fourth-order valence-electron chi connectivity index (χ4n) is 2.38. The van der Waals surface area contributed by atoms with Gasteiger partial charge in [-0.25, -0.2) is 0 Å². The molecule has 0 aromatic carbocycles. The fourth-order valence-corrected chi connectivity index (χ4v) is 3.51. The van der Waals surface area contributed by atoms with Gasteiger partial charge in [-0.1, -0.05) is 24.6 Å². The Kier molecular flexibility index (Phi) is 4.23. The Morgan fingerprint density at radius 3 is 2.88 bits per heavy atom. The van der Waals surface area contributed by atoms with Gasteiger partial charge < -0.3 is 9.88 Å². The van der Waals surface area contributed by atoms with Gasteiger partial charge in [0, 0.05) is 18.8 Å². The minimum absolute atomic E-state index is 0.615. The van der Waals surface area contributed by atoms with Crippen LogP contribution in [-0.4, -0.2) is 33.6 Å². The smallest absolute Gasteiger partial charge is 0.190 e. The van der Waals surface area contributed by atoms with Crippen LogP contribution in [0.25, 0.3) is 0 Å². The molecule has 5 heteroatoms. The predicted molar refractivity (Wildman–Crippen MR) is 66.5 cm³/mol. The van der Waals surface area contributed by atoms with E-state index in [4.69, 9.17) is 0 Å². The van der Waals surface area contributed by atoms with Crippen LogP contribution in [-0.2, 0) is 7.05 Å². The van der Waals surface area contributed by atoms with Crippen molar-refractivity contribution in [3.05, 3.63) is 6.33 Å². The Hall–Kier alpha value is -0.550. The van der Waals surface area contributed by atoms with Crippen LogP contribution in [0.4, 0.5) is 0 Å². The summed E-state index contributed by atoms with van der Waals surface area (Å²) < 4.78 is 1.98. The van der Waals surface area contributed by atoms with Crippen LogP contribution in [0.2, 0.25) is 0 Å². The van der Waals surface area contributed by atoms with Crippen LogP contribution in [0.15, 0.2) is 11.5 Å². The van der Waals surface area contributed by atoms with Gasteiger partial charge in [-0.05, 0) is 25.8 Å². The van der Waals surface area contributed by atoms with Gasteiger partial charge in [0.1, 0.15) is 6.33 Å². The normalized spacial score (nSPS) is 19.1. The van der Waals surface area contributed by atoms with Gasteiger partial charge in [0.15, 0.2) is 5.16 Å². The standard InChI is InChI=1S/C11H20N4S/c1-12-10(9-5-3-4-6-9)7-16-11-14-13-8-15(11)2/h8-10,12H,3-7H2,1-2H3. The fraction of sp³-hybridized carbons (Fsp3) is 0.818. The number of rotatable bonds is 5. The first-order chi connectivity index (χ1) is 7.81. The summed E-state index contributed by atoms with van der Waals surface area (Å²) in [7, 11) is 4.06. The second-order valence-corrected chi connectivity index (χ2v) is 5.46. The first-order valence-electron chi connectivity index (χ1n) is 5.95. The molecule has 1 saturated carbocycles. The highest BCUT2D eigenvalue weighted by atomic mass is 32.2. The molecule has 1 aliphatic rings. The van der Waals surface area contributed by atoms with Crippen molar-refractivity contribution in [3.8, 4) is 0 Å². The van der Waals surface area contributed by atoms with Crippen LogP contribution < -0.4 is 5.32 Å². The van der Waals surface area contributed by atoms with Crippen LogP contribution >= 0.6 is 11.8 Å². The van der Waals surface area contributed by atoms with Crippen molar-refractivity contribution < 1.29 is 0 Å². The quantitative estimate of drug-likeness (QED) is 0.795. The second-order valence-electron chi connectivity index (χ2n) is 4.48. The average Bonchev–Trinajstić information content (AvgIpc) is 2.92. The van der Waals surface area contributed by atoms with E-state index in [0.29, 0.717) is 6.04 Å². The second kappa shape index (κ2) is 5.68. The van der Waals surface area contributed by atoms with Crippen molar-refractivity contribution in [2.45, 2.75) is 36.9 Å². The zero-order chi connectivity index (χ0) is 11.4. The monoisotopic (exact) mass is 240 g/mol. The molecule has 1 aliphatic carbocycles. The molecule has 90 valence electrons. The van der Waals surface area contributed by atoms with E-state index < -0.39 is 0 Å². The molecule has 0 bridgehead atoms. The molecule has 0 amide bonds. The third kappa shape index (κ3) is 2.77. The van der Waals surface area contributed by atoms with E-state index in [-0.39, 0.29) is 0 Å². The van der Waals surface area contributed by atoms with E-state index in [1.54, 1.807) is 18.1 Å². The van der Waals surface area contributed by atoms with Gasteiger partial charge in [0.25, 0.3) is 0 Å². The molecule has 1 aromatic rings. The highest BCUT2D eigenvalue weighted by Crippen LogP contribution is 2.30. The maximum absolute atomic E-state index is 4.10. The zero-order valence-electron chi connectivity index (χ0n) is 10.0. The van der Waals surface area contributed by atoms with Crippen molar-refractivity contribution in [1.29, 1.82) is 0 Å². The molecule has 0 saturated heterocycles. The van der Waals surface area contributed by atoms with Crippen molar-refractivity contribution in [2.24, 2.45) is 13.0 Å². The Bertz CT molecular complexity index is 320. The SMILES string of the molecule is CNC(CSc1nncn1C)C1CCCC1. The Labute approximate surface area is 101 Å². The number of hydrogen-bond donors (Lipinski definition) is 1. The third-order valence-corrected chi connectivity index (χ3v) is 4.56. The lowest BCUT2D eigenvalue weighted by atomic mass is 10.0.